The van der Waals surface area contributed by atoms with Crippen LogP contribution < -0.4 is 0 Å². The van der Waals surface area contributed by atoms with Crippen molar-refractivity contribution in [3.63, 3.8) is 0 Å². The van der Waals surface area contributed by atoms with Crippen molar-refractivity contribution in [2.45, 2.75) is 10.7 Å². The molecule has 0 radical (unpaired) electrons. The van der Waals surface area contributed by atoms with E-state index in [2.05, 4.69) is 0 Å². The molecule has 1 fully saturated rings. The van der Waals surface area contributed by atoms with Crippen LogP contribution in [0.1, 0.15) is 20.0 Å². The predicted octanol–water partition coefficient (Wildman–Crippen LogP) is 3.20. The minimum atomic E-state index is -2.67. The molecule has 2 amide bonds. The van der Waals surface area contributed by atoms with Gasteiger partial charge in [-0.3, -0.25) is 9.59 Å². The standard InChI is InChI=1S/C19H18F2N2O4S2/c20-19(21)29-14-5-2-1-4-13(14)18(26)27-12-16(24)22-7-9-23(10-8-22)17(25)15-6-3-11-28-15/h1-6,11,19H,7-10,12H2. The van der Waals surface area contributed by atoms with E-state index < -0.39 is 18.3 Å². The number of benzene rings is 1. The number of carbonyl (C=O) groups is 3. The fourth-order valence-electron chi connectivity index (χ4n) is 2.85. The van der Waals surface area contributed by atoms with Gasteiger partial charge in [0.1, 0.15) is 0 Å². The van der Waals surface area contributed by atoms with Gasteiger partial charge in [-0.1, -0.05) is 30.0 Å². The topological polar surface area (TPSA) is 66.9 Å². The molecule has 0 bridgehead atoms. The number of piperazine rings is 1. The van der Waals surface area contributed by atoms with Crippen LogP contribution in [0.2, 0.25) is 0 Å². The van der Waals surface area contributed by atoms with Gasteiger partial charge in [-0.05, 0) is 23.6 Å². The number of carbonyl (C=O) groups excluding carboxylic acids is 3. The third kappa shape index (κ3) is 5.54. The molecule has 1 aromatic carbocycles. The highest BCUT2D eigenvalue weighted by Crippen LogP contribution is 2.28. The number of thiophene rings is 1. The number of alkyl halides is 2. The van der Waals surface area contributed by atoms with Crippen LogP contribution in [0.5, 0.6) is 0 Å². The molecule has 0 saturated carbocycles. The van der Waals surface area contributed by atoms with Gasteiger partial charge in [0, 0.05) is 31.1 Å². The summed E-state index contributed by atoms with van der Waals surface area (Å²) >= 11 is 1.62. The number of hydrogen-bond donors (Lipinski definition) is 0. The van der Waals surface area contributed by atoms with E-state index in [-0.39, 0.29) is 34.0 Å². The second kappa shape index (κ2) is 9.84. The van der Waals surface area contributed by atoms with Crippen LogP contribution in [0.25, 0.3) is 0 Å². The normalized spacial score (nSPS) is 14.2. The fraction of sp³-hybridized carbons (Fsp3) is 0.316. The first-order valence-electron chi connectivity index (χ1n) is 8.77. The molecule has 0 aliphatic carbocycles. The number of amides is 2. The average Bonchev–Trinajstić information content (AvgIpc) is 3.26. The molecule has 0 atom stereocenters. The second-order valence-electron chi connectivity index (χ2n) is 6.10. The Hall–Kier alpha value is -2.46. The minimum Gasteiger partial charge on any atom is -0.452 e. The van der Waals surface area contributed by atoms with E-state index in [9.17, 15) is 23.2 Å². The van der Waals surface area contributed by atoms with E-state index in [1.54, 1.807) is 17.0 Å². The Balaban J connectivity index is 1.49. The Morgan fingerprint density at radius 3 is 2.38 bits per heavy atom. The zero-order valence-corrected chi connectivity index (χ0v) is 16.9. The third-order valence-corrected chi connectivity index (χ3v) is 5.95. The lowest BCUT2D eigenvalue weighted by Crippen LogP contribution is -2.51. The first-order chi connectivity index (χ1) is 14.0. The number of esters is 1. The van der Waals surface area contributed by atoms with Crippen molar-refractivity contribution in [2.24, 2.45) is 0 Å². The number of ether oxygens (including phenoxy) is 1. The van der Waals surface area contributed by atoms with Crippen molar-refractivity contribution < 1.29 is 27.9 Å². The molecule has 0 N–H and O–H groups in total. The van der Waals surface area contributed by atoms with E-state index in [1.807, 2.05) is 11.4 Å². The summed E-state index contributed by atoms with van der Waals surface area (Å²) in [5.41, 5.74) is -0.00281. The second-order valence-corrected chi connectivity index (χ2v) is 8.08. The van der Waals surface area contributed by atoms with E-state index in [1.165, 1.54) is 34.4 Å². The van der Waals surface area contributed by atoms with Crippen molar-refractivity contribution >= 4 is 40.9 Å². The van der Waals surface area contributed by atoms with Gasteiger partial charge in [-0.2, -0.15) is 8.78 Å². The monoisotopic (exact) mass is 440 g/mol. The van der Waals surface area contributed by atoms with Crippen LogP contribution in [0.3, 0.4) is 0 Å². The van der Waals surface area contributed by atoms with Gasteiger partial charge < -0.3 is 14.5 Å². The summed E-state index contributed by atoms with van der Waals surface area (Å²) in [6.07, 6.45) is 0. The Bertz CT molecular complexity index is 869. The molecule has 1 aliphatic heterocycles. The van der Waals surface area contributed by atoms with Gasteiger partial charge in [0.25, 0.3) is 17.6 Å². The van der Waals surface area contributed by atoms with Crippen LogP contribution >= 0.6 is 23.1 Å². The maximum Gasteiger partial charge on any atom is 0.339 e. The van der Waals surface area contributed by atoms with Gasteiger partial charge in [0.05, 0.1) is 10.4 Å². The van der Waals surface area contributed by atoms with Crippen LogP contribution in [-0.2, 0) is 9.53 Å². The van der Waals surface area contributed by atoms with Gasteiger partial charge in [0.2, 0.25) is 0 Å². The summed E-state index contributed by atoms with van der Waals surface area (Å²) in [5, 5.41) is 1.83. The molecular formula is C19H18F2N2O4S2. The van der Waals surface area contributed by atoms with Crippen molar-refractivity contribution in [2.75, 3.05) is 32.8 Å². The van der Waals surface area contributed by atoms with E-state index in [0.29, 0.717) is 31.1 Å². The molecule has 154 valence electrons. The van der Waals surface area contributed by atoms with Gasteiger partial charge >= 0.3 is 5.97 Å². The lowest BCUT2D eigenvalue weighted by molar-refractivity contribution is -0.136. The van der Waals surface area contributed by atoms with E-state index >= 15 is 0 Å². The lowest BCUT2D eigenvalue weighted by Gasteiger charge is -2.34. The van der Waals surface area contributed by atoms with Crippen LogP contribution in [0, 0.1) is 0 Å². The molecule has 1 aliphatic rings. The lowest BCUT2D eigenvalue weighted by atomic mass is 10.2. The molecule has 1 aromatic heterocycles. The molecule has 29 heavy (non-hydrogen) atoms. The molecule has 0 spiro atoms. The summed E-state index contributed by atoms with van der Waals surface area (Å²) in [6, 6.07) is 9.44. The van der Waals surface area contributed by atoms with Gasteiger partial charge in [-0.15, -0.1) is 11.3 Å². The van der Waals surface area contributed by atoms with E-state index in [0.717, 1.165) is 0 Å². The number of rotatable bonds is 6. The predicted molar refractivity (Wildman–Crippen MR) is 105 cm³/mol. The first-order valence-corrected chi connectivity index (χ1v) is 10.5. The maximum absolute atomic E-state index is 12.6. The molecule has 3 rings (SSSR count). The first kappa shape index (κ1) is 21.3. The largest absolute Gasteiger partial charge is 0.452 e. The molecule has 6 nitrogen and oxygen atoms in total. The molecular weight excluding hydrogens is 422 g/mol. The zero-order valence-electron chi connectivity index (χ0n) is 15.3. The SMILES string of the molecule is O=C(OCC(=O)N1CCN(C(=O)c2cccs2)CC1)c1ccccc1SC(F)F. The number of hydrogen-bond acceptors (Lipinski definition) is 6. The Morgan fingerprint density at radius 2 is 1.72 bits per heavy atom. The fourth-order valence-corrected chi connectivity index (χ4v) is 4.16. The third-order valence-electron chi connectivity index (χ3n) is 4.30. The molecule has 10 heteroatoms. The number of nitrogens with zero attached hydrogens (tertiary/aromatic N) is 2. The van der Waals surface area contributed by atoms with Crippen molar-refractivity contribution in [3.8, 4) is 0 Å². The average molecular weight is 440 g/mol. The smallest absolute Gasteiger partial charge is 0.339 e. The van der Waals surface area contributed by atoms with E-state index in [4.69, 9.17) is 4.74 Å². The number of halogens is 2. The molecule has 0 unspecified atom stereocenters. The maximum atomic E-state index is 12.6. The highest BCUT2D eigenvalue weighted by atomic mass is 32.2. The minimum absolute atomic E-state index is 0.00281. The molecule has 2 aromatic rings. The highest BCUT2D eigenvalue weighted by molar-refractivity contribution is 7.99. The highest BCUT2D eigenvalue weighted by Gasteiger charge is 2.26. The van der Waals surface area contributed by atoms with Crippen LogP contribution in [-0.4, -0.2) is 66.1 Å². The van der Waals surface area contributed by atoms with Gasteiger partial charge in [0.15, 0.2) is 6.61 Å². The summed E-state index contributed by atoms with van der Waals surface area (Å²) in [6.45, 7) is 0.983. The van der Waals surface area contributed by atoms with Crippen molar-refractivity contribution in [1.82, 2.24) is 9.80 Å². The summed E-state index contributed by atoms with van der Waals surface area (Å²) < 4.78 is 30.3. The summed E-state index contributed by atoms with van der Waals surface area (Å²) in [7, 11) is 0. The Labute approximate surface area is 174 Å². The molecule has 2 heterocycles. The number of thioether (sulfide) groups is 1. The Morgan fingerprint density at radius 1 is 1.03 bits per heavy atom. The van der Waals surface area contributed by atoms with Gasteiger partial charge in [-0.25, -0.2) is 4.79 Å². The molecule has 1 saturated heterocycles. The Kier molecular flexibility index (Phi) is 7.21. The van der Waals surface area contributed by atoms with Crippen molar-refractivity contribution in [3.05, 3.63) is 52.2 Å². The summed E-state index contributed by atoms with van der Waals surface area (Å²) in [5.74, 6) is -3.94. The quantitative estimate of drug-likeness (QED) is 0.510. The van der Waals surface area contributed by atoms with Crippen LogP contribution in [0.4, 0.5) is 8.78 Å². The zero-order chi connectivity index (χ0) is 20.8. The van der Waals surface area contributed by atoms with Crippen molar-refractivity contribution in [1.29, 1.82) is 0 Å². The summed E-state index contributed by atoms with van der Waals surface area (Å²) in [4.78, 5) is 40.8. The van der Waals surface area contributed by atoms with Crippen LogP contribution in [0.15, 0.2) is 46.7 Å².